The van der Waals surface area contributed by atoms with Gasteiger partial charge in [0.25, 0.3) is 0 Å². The number of hydrogen-bond acceptors (Lipinski definition) is 2. The third-order valence-corrected chi connectivity index (χ3v) is 2.59. The lowest BCUT2D eigenvalue weighted by Gasteiger charge is -2.26. The predicted octanol–water partition coefficient (Wildman–Crippen LogP) is 1.40. The van der Waals surface area contributed by atoms with Crippen LogP contribution in [0.3, 0.4) is 0 Å². The highest BCUT2D eigenvalue weighted by Gasteiger charge is 2.24. The largest absolute Gasteiger partial charge is 0.465 e. The summed E-state index contributed by atoms with van der Waals surface area (Å²) in [7, 11) is 0. The van der Waals surface area contributed by atoms with E-state index in [1.807, 2.05) is 0 Å². The summed E-state index contributed by atoms with van der Waals surface area (Å²) in [6.45, 7) is 0. The molecule has 0 heterocycles. The van der Waals surface area contributed by atoms with E-state index in [4.69, 9.17) is 5.11 Å². The highest BCUT2D eigenvalue weighted by molar-refractivity contribution is 5.71. The average molecular weight is 185 g/mol. The number of hydrogen-bond donors (Lipinski definition) is 2. The highest BCUT2D eigenvalue weighted by Crippen LogP contribution is 2.25. The maximum Gasteiger partial charge on any atom is 0.405 e. The molecule has 0 aromatic heterocycles. The van der Waals surface area contributed by atoms with Crippen LogP contribution in [0.4, 0.5) is 4.79 Å². The smallest absolute Gasteiger partial charge is 0.405 e. The summed E-state index contributed by atoms with van der Waals surface area (Å²) in [5, 5.41) is 10.7. The molecule has 1 amide bonds. The van der Waals surface area contributed by atoms with E-state index in [1.54, 1.807) is 0 Å². The van der Waals surface area contributed by atoms with Gasteiger partial charge >= 0.3 is 6.09 Å². The fourth-order valence-electron chi connectivity index (χ4n) is 1.90. The Morgan fingerprint density at radius 1 is 1.38 bits per heavy atom. The molecule has 2 N–H and O–H groups in total. The molecule has 0 aliphatic heterocycles. The molecular formula is C9H15NO3. The summed E-state index contributed by atoms with van der Waals surface area (Å²) < 4.78 is 0. The molecule has 4 heteroatoms. The van der Waals surface area contributed by atoms with Gasteiger partial charge in [0.1, 0.15) is 6.29 Å². The van der Waals surface area contributed by atoms with Crippen molar-refractivity contribution < 1.29 is 14.7 Å². The Labute approximate surface area is 77.3 Å². The number of carbonyl (C=O) groups is 2. The van der Waals surface area contributed by atoms with E-state index in [1.165, 1.54) is 6.42 Å². The molecule has 13 heavy (non-hydrogen) atoms. The van der Waals surface area contributed by atoms with Crippen molar-refractivity contribution in [3.63, 3.8) is 0 Å². The second kappa shape index (κ2) is 4.84. The minimum absolute atomic E-state index is 0.211. The lowest BCUT2D eigenvalue weighted by Crippen LogP contribution is -2.41. The second-order valence-electron chi connectivity index (χ2n) is 3.51. The fourth-order valence-corrected chi connectivity index (χ4v) is 1.90. The molecule has 74 valence electrons. The minimum atomic E-state index is -1.11. The van der Waals surface area contributed by atoms with Crippen LogP contribution in [-0.2, 0) is 4.79 Å². The number of carbonyl (C=O) groups excluding carboxylic acids is 1. The van der Waals surface area contributed by atoms with Crippen molar-refractivity contribution in [3.05, 3.63) is 0 Å². The van der Waals surface area contributed by atoms with Crippen LogP contribution in [0.15, 0.2) is 0 Å². The number of carboxylic acid groups (broad SMARTS) is 1. The molecule has 0 radical (unpaired) electrons. The van der Waals surface area contributed by atoms with E-state index in [2.05, 4.69) is 5.32 Å². The zero-order valence-electron chi connectivity index (χ0n) is 7.53. The minimum Gasteiger partial charge on any atom is -0.465 e. The lowest BCUT2D eigenvalue weighted by molar-refractivity contribution is -0.110. The van der Waals surface area contributed by atoms with Crippen molar-refractivity contribution in [2.45, 2.75) is 38.1 Å². The number of rotatable bonds is 3. The summed E-state index contributed by atoms with van der Waals surface area (Å²) in [6, 6.07) is -0.502. The zero-order valence-corrected chi connectivity index (χ0v) is 7.53. The van der Waals surface area contributed by atoms with Gasteiger partial charge in [-0.25, -0.2) is 4.79 Å². The van der Waals surface area contributed by atoms with Gasteiger partial charge in [-0.3, -0.25) is 0 Å². The van der Waals surface area contributed by atoms with Crippen molar-refractivity contribution >= 4 is 12.4 Å². The molecule has 1 atom stereocenters. The Morgan fingerprint density at radius 3 is 2.46 bits per heavy atom. The monoisotopic (exact) mass is 185 g/mol. The fraction of sp³-hybridized carbons (Fsp3) is 0.778. The second-order valence-corrected chi connectivity index (χ2v) is 3.51. The average Bonchev–Trinajstić information content (AvgIpc) is 2.15. The molecule has 1 aliphatic carbocycles. The SMILES string of the molecule is O=C[C@@H](NC(=O)O)C1CCCCC1. The Kier molecular flexibility index (Phi) is 3.73. The zero-order chi connectivity index (χ0) is 9.68. The molecule has 0 spiro atoms. The molecule has 1 fully saturated rings. The van der Waals surface area contributed by atoms with Gasteiger partial charge in [-0.1, -0.05) is 19.3 Å². The summed E-state index contributed by atoms with van der Waals surface area (Å²) in [5.74, 6) is 0.211. The van der Waals surface area contributed by atoms with Gasteiger partial charge in [0.05, 0.1) is 6.04 Å². The molecule has 1 rings (SSSR count). The van der Waals surface area contributed by atoms with Gasteiger partial charge in [0.15, 0.2) is 0 Å². The third kappa shape index (κ3) is 3.05. The van der Waals surface area contributed by atoms with Crippen molar-refractivity contribution in [3.8, 4) is 0 Å². The normalized spacial score (nSPS) is 20.6. The van der Waals surface area contributed by atoms with E-state index in [0.29, 0.717) is 6.29 Å². The summed E-state index contributed by atoms with van der Waals surface area (Å²) in [4.78, 5) is 21.0. The Balaban J connectivity index is 2.43. The van der Waals surface area contributed by atoms with Crippen LogP contribution in [0.1, 0.15) is 32.1 Å². The number of aldehydes is 1. The van der Waals surface area contributed by atoms with Crippen molar-refractivity contribution in [1.29, 1.82) is 0 Å². The van der Waals surface area contributed by atoms with Gasteiger partial charge in [-0.2, -0.15) is 0 Å². The van der Waals surface area contributed by atoms with Gasteiger partial charge in [0, 0.05) is 0 Å². The highest BCUT2D eigenvalue weighted by atomic mass is 16.4. The van der Waals surface area contributed by atoms with E-state index in [-0.39, 0.29) is 5.92 Å². The van der Waals surface area contributed by atoms with Crippen LogP contribution in [0.5, 0.6) is 0 Å². The van der Waals surface area contributed by atoms with Crippen LogP contribution in [0.2, 0.25) is 0 Å². The van der Waals surface area contributed by atoms with Crippen molar-refractivity contribution in [2.75, 3.05) is 0 Å². The summed E-state index contributed by atoms with van der Waals surface area (Å²) >= 11 is 0. The van der Waals surface area contributed by atoms with Crippen LogP contribution in [0, 0.1) is 5.92 Å². The maximum absolute atomic E-state index is 10.6. The lowest BCUT2D eigenvalue weighted by atomic mass is 9.84. The molecule has 0 saturated heterocycles. The Bertz CT molecular complexity index is 187. The van der Waals surface area contributed by atoms with E-state index in [0.717, 1.165) is 25.7 Å². The molecule has 0 aromatic rings. The van der Waals surface area contributed by atoms with Gasteiger partial charge in [-0.15, -0.1) is 0 Å². The van der Waals surface area contributed by atoms with Crippen molar-refractivity contribution in [1.82, 2.24) is 5.32 Å². The molecule has 0 bridgehead atoms. The Morgan fingerprint density at radius 2 is 2.00 bits per heavy atom. The summed E-state index contributed by atoms with van der Waals surface area (Å²) in [5.41, 5.74) is 0. The van der Waals surface area contributed by atoms with Crippen LogP contribution >= 0.6 is 0 Å². The van der Waals surface area contributed by atoms with Crippen molar-refractivity contribution in [2.24, 2.45) is 5.92 Å². The molecule has 0 unspecified atom stereocenters. The first kappa shape index (κ1) is 10.0. The standard InChI is InChI=1S/C9H15NO3/c11-6-8(10-9(12)13)7-4-2-1-3-5-7/h6-8,10H,1-5H2,(H,12,13)/t8-/m1/s1. The molecule has 0 aromatic carbocycles. The first-order valence-corrected chi connectivity index (χ1v) is 4.69. The maximum atomic E-state index is 10.6. The summed E-state index contributed by atoms with van der Waals surface area (Å²) in [6.07, 6.45) is 4.95. The van der Waals surface area contributed by atoms with Crippen LogP contribution in [0.25, 0.3) is 0 Å². The molecule has 1 saturated carbocycles. The van der Waals surface area contributed by atoms with Crippen LogP contribution in [-0.4, -0.2) is 23.5 Å². The van der Waals surface area contributed by atoms with Gasteiger partial charge in [-0.05, 0) is 18.8 Å². The first-order valence-electron chi connectivity index (χ1n) is 4.69. The number of nitrogens with one attached hydrogen (secondary N) is 1. The van der Waals surface area contributed by atoms with E-state index < -0.39 is 12.1 Å². The molecule has 4 nitrogen and oxygen atoms in total. The first-order chi connectivity index (χ1) is 6.24. The topological polar surface area (TPSA) is 66.4 Å². The predicted molar refractivity (Wildman–Crippen MR) is 47.6 cm³/mol. The third-order valence-electron chi connectivity index (χ3n) is 2.59. The number of amides is 1. The quantitative estimate of drug-likeness (QED) is 0.653. The van der Waals surface area contributed by atoms with E-state index >= 15 is 0 Å². The van der Waals surface area contributed by atoms with Crippen LogP contribution < -0.4 is 5.32 Å². The van der Waals surface area contributed by atoms with Gasteiger partial charge in [0.2, 0.25) is 0 Å². The van der Waals surface area contributed by atoms with E-state index in [9.17, 15) is 9.59 Å². The van der Waals surface area contributed by atoms with Gasteiger partial charge < -0.3 is 15.2 Å². The Hall–Kier alpha value is -1.06. The molecular weight excluding hydrogens is 170 g/mol. The molecule has 1 aliphatic rings.